The Balaban J connectivity index is 3.17. The number of benzene rings is 2. The van der Waals surface area contributed by atoms with Crippen molar-refractivity contribution < 1.29 is 9.90 Å². The van der Waals surface area contributed by atoms with E-state index in [0.29, 0.717) is 0 Å². The number of hydrogen-bond acceptors (Lipinski definition) is 1. The van der Waals surface area contributed by atoms with Crippen LogP contribution >= 0.6 is 69.6 Å². The van der Waals surface area contributed by atoms with E-state index < -0.39 is 5.97 Å². The van der Waals surface area contributed by atoms with E-state index in [9.17, 15) is 9.90 Å². The fraction of sp³-hybridized carbons (Fsp3) is 0. The van der Waals surface area contributed by atoms with Gasteiger partial charge >= 0.3 is 5.97 Å². The zero-order valence-electron chi connectivity index (χ0n) is 8.70. The van der Waals surface area contributed by atoms with Crippen molar-refractivity contribution >= 4 is 86.3 Å². The molecule has 0 spiro atoms. The number of aromatic carboxylic acids is 1. The fourth-order valence-corrected chi connectivity index (χ4v) is 3.20. The molecular weight excluding hydrogens is 377 g/mol. The summed E-state index contributed by atoms with van der Waals surface area (Å²) >= 11 is 35.7. The molecule has 0 aliphatic heterocycles. The van der Waals surface area contributed by atoms with Crippen molar-refractivity contribution in [2.45, 2.75) is 0 Å². The molecular formula is C11H2Cl6O2. The first-order valence-electron chi connectivity index (χ1n) is 4.64. The van der Waals surface area contributed by atoms with E-state index in [1.807, 2.05) is 0 Å². The average Bonchev–Trinajstić information content (AvgIpc) is 2.33. The predicted octanol–water partition coefficient (Wildman–Crippen LogP) is 6.46. The quantitative estimate of drug-likeness (QED) is 0.578. The van der Waals surface area contributed by atoms with Gasteiger partial charge in [-0.2, -0.15) is 0 Å². The molecule has 0 aliphatic rings. The van der Waals surface area contributed by atoms with Crippen LogP contribution in [0.2, 0.25) is 30.1 Å². The molecule has 2 aromatic rings. The van der Waals surface area contributed by atoms with Gasteiger partial charge in [0.15, 0.2) is 0 Å². The van der Waals surface area contributed by atoms with Crippen LogP contribution < -0.4 is 0 Å². The molecule has 2 rings (SSSR count). The molecule has 2 nitrogen and oxygen atoms in total. The molecule has 0 saturated heterocycles. The Hall–Kier alpha value is -0.0900. The van der Waals surface area contributed by atoms with Crippen LogP contribution in [0.3, 0.4) is 0 Å². The third-order valence-corrected chi connectivity index (χ3v) is 5.06. The van der Waals surface area contributed by atoms with Crippen LogP contribution in [-0.4, -0.2) is 11.1 Å². The number of hydrogen-bond donors (Lipinski definition) is 1. The van der Waals surface area contributed by atoms with Crippen molar-refractivity contribution in [1.82, 2.24) is 0 Å². The third-order valence-electron chi connectivity index (χ3n) is 2.47. The highest BCUT2D eigenvalue weighted by molar-refractivity contribution is 6.56. The second-order valence-electron chi connectivity index (χ2n) is 3.53. The SMILES string of the molecule is O=C(O)c1c(Cl)c(Cl)c(Cl)c2c(Cl)c(Cl)c(Cl)cc12. The highest BCUT2D eigenvalue weighted by Gasteiger charge is 2.24. The monoisotopic (exact) mass is 376 g/mol. The van der Waals surface area contributed by atoms with Crippen molar-refractivity contribution in [3.8, 4) is 0 Å². The molecule has 0 fully saturated rings. The van der Waals surface area contributed by atoms with Crippen LogP contribution in [0.4, 0.5) is 0 Å². The molecule has 0 saturated carbocycles. The van der Waals surface area contributed by atoms with Crippen LogP contribution in [0.5, 0.6) is 0 Å². The molecule has 0 atom stereocenters. The first kappa shape index (κ1) is 15.3. The second-order valence-corrected chi connectivity index (χ2v) is 5.83. The second kappa shape index (κ2) is 5.36. The van der Waals surface area contributed by atoms with Gasteiger partial charge in [-0.3, -0.25) is 0 Å². The lowest BCUT2D eigenvalue weighted by Gasteiger charge is -2.13. The smallest absolute Gasteiger partial charge is 0.337 e. The van der Waals surface area contributed by atoms with Crippen LogP contribution in [0.15, 0.2) is 6.07 Å². The molecule has 0 aliphatic carbocycles. The molecule has 0 unspecified atom stereocenters. The van der Waals surface area contributed by atoms with Crippen LogP contribution in [0.1, 0.15) is 10.4 Å². The number of carboxylic acid groups (broad SMARTS) is 1. The lowest BCUT2D eigenvalue weighted by molar-refractivity contribution is 0.0699. The Labute approximate surface area is 137 Å². The summed E-state index contributed by atoms with van der Waals surface area (Å²) in [5.41, 5.74) is -0.230. The predicted molar refractivity (Wildman–Crippen MR) is 81.0 cm³/mol. The van der Waals surface area contributed by atoms with E-state index in [-0.39, 0.29) is 46.5 Å². The lowest BCUT2D eigenvalue weighted by Crippen LogP contribution is -2.01. The molecule has 1 N–H and O–H groups in total. The van der Waals surface area contributed by atoms with Gasteiger partial charge in [0.2, 0.25) is 0 Å². The maximum Gasteiger partial charge on any atom is 0.337 e. The Morgan fingerprint density at radius 2 is 1.37 bits per heavy atom. The Morgan fingerprint density at radius 3 is 1.89 bits per heavy atom. The van der Waals surface area contributed by atoms with E-state index in [4.69, 9.17) is 69.6 Å². The minimum Gasteiger partial charge on any atom is -0.478 e. The van der Waals surface area contributed by atoms with Crippen molar-refractivity contribution in [2.75, 3.05) is 0 Å². The minimum absolute atomic E-state index is 0.0234. The van der Waals surface area contributed by atoms with Crippen LogP contribution in [0.25, 0.3) is 10.8 Å². The topological polar surface area (TPSA) is 37.3 Å². The minimum atomic E-state index is -1.27. The van der Waals surface area contributed by atoms with Crippen molar-refractivity contribution in [3.05, 3.63) is 41.8 Å². The van der Waals surface area contributed by atoms with Gasteiger partial charge in [0, 0.05) is 10.8 Å². The van der Waals surface area contributed by atoms with Gasteiger partial charge in [0.1, 0.15) is 0 Å². The summed E-state index contributed by atoms with van der Waals surface area (Å²) in [4.78, 5) is 11.3. The maximum atomic E-state index is 11.3. The first-order chi connectivity index (χ1) is 8.77. The number of carboxylic acids is 1. The fourth-order valence-electron chi connectivity index (χ4n) is 1.65. The first-order valence-corrected chi connectivity index (χ1v) is 6.91. The summed E-state index contributed by atoms with van der Waals surface area (Å²) in [6, 6.07) is 1.34. The average molecular weight is 379 g/mol. The molecule has 0 radical (unpaired) electrons. The molecule has 100 valence electrons. The molecule has 0 aromatic heterocycles. The number of carbonyl (C=O) groups is 1. The molecule has 0 heterocycles. The van der Waals surface area contributed by atoms with Gasteiger partial charge in [-0.25, -0.2) is 4.79 Å². The van der Waals surface area contributed by atoms with Crippen molar-refractivity contribution in [2.24, 2.45) is 0 Å². The van der Waals surface area contributed by atoms with Gasteiger partial charge in [-0.15, -0.1) is 0 Å². The Bertz CT molecular complexity index is 717. The van der Waals surface area contributed by atoms with E-state index in [2.05, 4.69) is 0 Å². The molecule has 0 bridgehead atoms. The van der Waals surface area contributed by atoms with Crippen molar-refractivity contribution in [3.63, 3.8) is 0 Å². The Kier molecular flexibility index (Phi) is 4.32. The van der Waals surface area contributed by atoms with E-state index in [1.54, 1.807) is 0 Å². The highest BCUT2D eigenvalue weighted by atomic mass is 35.5. The van der Waals surface area contributed by atoms with Gasteiger partial charge < -0.3 is 5.11 Å². The number of halogens is 6. The summed E-state index contributed by atoms with van der Waals surface area (Å²) in [6.45, 7) is 0. The molecule has 8 heteroatoms. The van der Waals surface area contributed by atoms with Gasteiger partial charge in [-0.1, -0.05) is 69.6 Å². The largest absolute Gasteiger partial charge is 0.478 e. The standard InChI is InChI=1S/C11H2Cl6O2/c12-3-1-2-4(7(14)6(3)13)8(15)10(17)9(16)5(2)11(18)19/h1H,(H,18,19). The van der Waals surface area contributed by atoms with Crippen LogP contribution in [0, 0.1) is 0 Å². The third kappa shape index (κ3) is 2.35. The summed E-state index contributed by atoms with van der Waals surface area (Å²) in [6.07, 6.45) is 0. The lowest BCUT2D eigenvalue weighted by atomic mass is 10.0. The number of fused-ring (bicyclic) bond motifs is 1. The highest BCUT2D eigenvalue weighted by Crippen LogP contribution is 2.46. The summed E-state index contributed by atoms with van der Waals surface area (Å²) in [5, 5.41) is 9.52. The maximum absolute atomic E-state index is 11.3. The van der Waals surface area contributed by atoms with Crippen molar-refractivity contribution in [1.29, 1.82) is 0 Å². The summed E-state index contributed by atoms with van der Waals surface area (Å²) < 4.78 is 0. The van der Waals surface area contributed by atoms with E-state index >= 15 is 0 Å². The van der Waals surface area contributed by atoms with Crippen LogP contribution in [-0.2, 0) is 0 Å². The van der Waals surface area contributed by atoms with E-state index in [1.165, 1.54) is 6.07 Å². The Morgan fingerprint density at radius 1 is 0.842 bits per heavy atom. The van der Waals surface area contributed by atoms with E-state index in [0.717, 1.165) is 0 Å². The zero-order valence-corrected chi connectivity index (χ0v) is 13.2. The van der Waals surface area contributed by atoms with Gasteiger partial charge in [-0.05, 0) is 6.07 Å². The summed E-state index contributed by atoms with van der Waals surface area (Å²) in [5.74, 6) is -1.27. The molecule has 0 amide bonds. The zero-order chi connectivity index (χ0) is 14.5. The number of rotatable bonds is 1. The van der Waals surface area contributed by atoms with Gasteiger partial charge in [0.05, 0.1) is 35.7 Å². The normalized spacial score (nSPS) is 11.1. The van der Waals surface area contributed by atoms with Gasteiger partial charge in [0.25, 0.3) is 0 Å². The summed E-state index contributed by atoms with van der Waals surface area (Å²) in [7, 11) is 0. The molecule has 19 heavy (non-hydrogen) atoms. The molecule has 2 aromatic carbocycles.